The molecular formula is C12H23N5O2. The molecule has 0 radical (unpaired) electrons. The lowest BCUT2D eigenvalue weighted by Crippen LogP contribution is -2.41. The average molecular weight is 269 g/mol. The zero-order valence-electron chi connectivity index (χ0n) is 12.1. The van der Waals surface area contributed by atoms with Crippen LogP contribution >= 0.6 is 0 Å². The Morgan fingerprint density at radius 3 is 2.58 bits per heavy atom. The first-order valence-corrected chi connectivity index (χ1v) is 6.70. The summed E-state index contributed by atoms with van der Waals surface area (Å²) in [4.78, 5) is 13.8. The Hall–Kier alpha value is -1.63. The average Bonchev–Trinajstić information content (AvgIpc) is 2.85. The molecule has 0 bridgehead atoms. The molecule has 0 aromatic carbocycles. The van der Waals surface area contributed by atoms with E-state index in [1.165, 1.54) is 0 Å². The van der Waals surface area contributed by atoms with Gasteiger partial charge in [0, 0.05) is 13.1 Å². The van der Waals surface area contributed by atoms with Crippen molar-refractivity contribution in [3.05, 3.63) is 5.89 Å². The number of nitrogens with zero attached hydrogens (tertiary/aromatic N) is 3. The van der Waals surface area contributed by atoms with E-state index in [-0.39, 0.29) is 18.0 Å². The van der Waals surface area contributed by atoms with Gasteiger partial charge in [-0.05, 0) is 27.3 Å². The molecule has 108 valence electrons. The van der Waals surface area contributed by atoms with E-state index in [0.717, 1.165) is 6.54 Å². The minimum Gasteiger partial charge on any atom is -0.407 e. The van der Waals surface area contributed by atoms with E-state index < -0.39 is 0 Å². The number of nitrogens with one attached hydrogen (secondary N) is 2. The minimum absolute atomic E-state index is 0.0245. The molecule has 0 saturated carbocycles. The number of hydrogen-bond acceptors (Lipinski definition) is 6. The Bertz CT molecular complexity index is 389. The van der Waals surface area contributed by atoms with Gasteiger partial charge in [-0.3, -0.25) is 4.79 Å². The molecule has 0 saturated heterocycles. The molecule has 1 aromatic rings. The number of aromatic nitrogens is 2. The van der Waals surface area contributed by atoms with Gasteiger partial charge in [-0.25, -0.2) is 0 Å². The highest BCUT2D eigenvalue weighted by Crippen LogP contribution is 2.08. The van der Waals surface area contributed by atoms with Crippen LogP contribution in [0, 0.1) is 0 Å². The molecule has 0 aliphatic rings. The normalized spacial score (nSPS) is 12.2. The van der Waals surface area contributed by atoms with Crippen LogP contribution < -0.4 is 10.6 Å². The summed E-state index contributed by atoms with van der Waals surface area (Å²) in [5.41, 5.74) is 0. The SMILES string of the molecule is CCNCc1nnc(NC(C)C(=O)N(CC)CC)o1. The summed E-state index contributed by atoms with van der Waals surface area (Å²) in [6.07, 6.45) is 0. The maximum Gasteiger partial charge on any atom is 0.316 e. The topological polar surface area (TPSA) is 83.3 Å². The Labute approximate surface area is 113 Å². The highest BCUT2D eigenvalue weighted by Gasteiger charge is 2.19. The van der Waals surface area contributed by atoms with Crippen molar-refractivity contribution < 1.29 is 9.21 Å². The molecular weight excluding hydrogens is 246 g/mol. The fourth-order valence-corrected chi connectivity index (χ4v) is 1.67. The molecule has 0 spiro atoms. The number of rotatable bonds is 8. The van der Waals surface area contributed by atoms with Crippen LogP contribution in [0.2, 0.25) is 0 Å². The predicted molar refractivity (Wildman–Crippen MR) is 72.7 cm³/mol. The number of hydrogen-bond donors (Lipinski definition) is 2. The largest absolute Gasteiger partial charge is 0.407 e. The van der Waals surface area contributed by atoms with Crippen molar-refractivity contribution in [2.45, 2.75) is 40.3 Å². The van der Waals surface area contributed by atoms with Gasteiger partial charge in [-0.2, -0.15) is 0 Å². The smallest absolute Gasteiger partial charge is 0.316 e. The summed E-state index contributed by atoms with van der Waals surface area (Å²) in [7, 11) is 0. The van der Waals surface area contributed by atoms with Crippen LogP contribution in [0.3, 0.4) is 0 Å². The van der Waals surface area contributed by atoms with Crippen LogP contribution in [-0.2, 0) is 11.3 Å². The van der Waals surface area contributed by atoms with E-state index in [2.05, 4.69) is 20.8 Å². The van der Waals surface area contributed by atoms with E-state index in [0.29, 0.717) is 25.5 Å². The van der Waals surface area contributed by atoms with Crippen LogP contribution in [0.1, 0.15) is 33.6 Å². The maximum absolute atomic E-state index is 12.0. The molecule has 2 N–H and O–H groups in total. The van der Waals surface area contributed by atoms with Crippen LogP contribution in [0.25, 0.3) is 0 Å². The molecule has 7 heteroatoms. The zero-order chi connectivity index (χ0) is 14.3. The third-order valence-electron chi connectivity index (χ3n) is 2.78. The molecule has 0 aliphatic carbocycles. The molecule has 1 aromatic heterocycles. The van der Waals surface area contributed by atoms with Crippen molar-refractivity contribution in [2.75, 3.05) is 25.0 Å². The van der Waals surface area contributed by atoms with E-state index in [1.54, 1.807) is 11.8 Å². The molecule has 1 unspecified atom stereocenters. The molecule has 0 fully saturated rings. The summed E-state index contributed by atoms with van der Waals surface area (Å²) in [5.74, 6) is 0.531. The van der Waals surface area contributed by atoms with Crippen molar-refractivity contribution in [1.82, 2.24) is 20.4 Å². The first-order chi connectivity index (χ1) is 9.12. The van der Waals surface area contributed by atoms with Gasteiger partial charge in [-0.15, -0.1) is 5.10 Å². The molecule has 1 amide bonds. The van der Waals surface area contributed by atoms with Crippen molar-refractivity contribution in [2.24, 2.45) is 0 Å². The third kappa shape index (κ3) is 4.51. The van der Waals surface area contributed by atoms with Gasteiger partial charge in [0.2, 0.25) is 11.8 Å². The summed E-state index contributed by atoms with van der Waals surface area (Å²) >= 11 is 0. The number of likely N-dealkylation sites (N-methyl/N-ethyl adjacent to an activating group) is 1. The molecule has 19 heavy (non-hydrogen) atoms. The van der Waals surface area contributed by atoms with Gasteiger partial charge in [0.05, 0.1) is 6.54 Å². The Kier molecular flexibility index (Phi) is 6.27. The van der Waals surface area contributed by atoms with Gasteiger partial charge in [0.15, 0.2) is 0 Å². The monoisotopic (exact) mass is 269 g/mol. The number of carbonyl (C=O) groups excluding carboxylic acids is 1. The zero-order valence-corrected chi connectivity index (χ0v) is 12.1. The maximum atomic E-state index is 12.0. The first-order valence-electron chi connectivity index (χ1n) is 6.70. The molecule has 7 nitrogen and oxygen atoms in total. The number of amides is 1. The quantitative estimate of drug-likeness (QED) is 0.728. The Morgan fingerprint density at radius 2 is 2.00 bits per heavy atom. The number of anilines is 1. The van der Waals surface area contributed by atoms with Crippen molar-refractivity contribution in [3.8, 4) is 0 Å². The van der Waals surface area contributed by atoms with Gasteiger partial charge in [0.1, 0.15) is 6.04 Å². The van der Waals surface area contributed by atoms with E-state index in [4.69, 9.17) is 4.42 Å². The third-order valence-corrected chi connectivity index (χ3v) is 2.78. The van der Waals surface area contributed by atoms with E-state index in [9.17, 15) is 4.79 Å². The predicted octanol–water partition coefficient (Wildman–Crippen LogP) is 0.848. The van der Waals surface area contributed by atoms with Crippen LogP contribution in [0.5, 0.6) is 0 Å². The molecule has 0 aliphatic heterocycles. The summed E-state index contributed by atoms with van der Waals surface area (Å²) in [5, 5.41) is 13.8. The second-order valence-electron chi connectivity index (χ2n) is 4.16. The van der Waals surface area contributed by atoms with Gasteiger partial charge >= 0.3 is 6.01 Å². The second kappa shape index (κ2) is 7.73. The summed E-state index contributed by atoms with van der Waals surface area (Å²) in [6, 6.07) is -0.103. The highest BCUT2D eigenvalue weighted by atomic mass is 16.4. The highest BCUT2D eigenvalue weighted by molar-refractivity contribution is 5.83. The van der Waals surface area contributed by atoms with E-state index >= 15 is 0 Å². The van der Waals surface area contributed by atoms with Crippen LogP contribution in [0.4, 0.5) is 6.01 Å². The Morgan fingerprint density at radius 1 is 1.32 bits per heavy atom. The Balaban J connectivity index is 2.53. The van der Waals surface area contributed by atoms with Gasteiger partial charge in [-0.1, -0.05) is 12.0 Å². The standard InChI is InChI=1S/C12H23N5O2/c1-5-13-8-10-15-16-12(19-10)14-9(4)11(18)17(6-2)7-3/h9,13H,5-8H2,1-4H3,(H,14,16). The van der Waals surface area contributed by atoms with Crippen LogP contribution in [-0.4, -0.2) is 46.7 Å². The van der Waals surface area contributed by atoms with Crippen molar-refractivity contribution >= 4 is 11.9 Å². The van der Waals surface area contributed by atoms with E-state index in [1.807, 2.05) is 20.8 Å². The fraction of sp³-hybridized carbons (Fsp3) is 0.750. The van der Waals surface area contributed by atoms with Crippen molar-refractivity contribution in [3.63, 3.8) is 0 Å². The lowest BCUT2D eigenvalue weighted by Gasteiger charge is -2.22. The molecule has 1 heterocycles. The van der Waals surface area contributed by atoms with Crippen LogP contribution in [0.15, 0.2) is 4.42 Å². The fourth-order valence-electron chi connectivity index (χ4n) is 1.67. The minimum atomic E-state index is -0.382. The second-order valence-corrected chi connectivity index (χ2v) is 4.16. The summed E-state index contributed by atoms with van der Waals surface area (Å²) < 4.78 is 5.39. The molecule has 1 atom stereocenters. The van der Waals surface area contributed by atoms with Gasteiger partial charge < -0.3 is 20.0 Å². The lowest BCUT2D eigenvalue weighted by molar-refractivity contribution is -0.131. The lowest BCUT2D eigenvalue weighted by atomic mass is 10.3. The van der Waals surface area contributed by atoms with Crippen molar-refractivity contribution in [1.29, 1.82) is 0 Å². The van der Waals surface area contributed by atoms with Gasteiger partial charge in [0.25, 0.3) is 0 Å². The number of carbonyl (C=O) groups is 1. The summed E-state index contributed by atoms with van der Waals surface area (Å²) in [6.45, 7) is 10.4. The molecule has 1 rings (SSSR count). The first kappa shape index (κ1) is 15.4.